The second-order valence-corrected chi connectivity index (χ2v) is 8.46. The van der Waals surface area contributed by atoms with Gasteiger partial charge in [0.1, 0.15) is 0 Å². The molecule has 0 fully saturated rings. The number of aromatic nitrogens is 2. The number of benzene rings is 2. The minimum absolute atomic E-state index is 0.0319. The molecule has 4 rings (SSSR count). The maximum absolute atomic E-state index is 11.3. The minimum Gasteiger partial charge on any atom is -0.282 e. The molecule has 1 aliphatic rings. The average Bonchev–Trinajstić information content (AvgIpc) is 3.11. The topological polar surface area (TPSA) is 99.4 Å². The van der Waals surface area contributed by atoms with E-state index in [1.54, 1.807) is 12.1 Å². The Labute approximate surface area is 174 Å². The van der Waals surface area contributed by atoms with Gasteiger partial charge < -0.3 is 0 Å². The summed E-state index contributed by atoms with van der Waals surface area (Å²) < 4.78 is 0. The monoisotopic (exact) mass is 404 g/mol. The van der Waals surface area contributed by atoms with Crippen molar-refractivity contribution in [1.82, 2.24) is 15.6 Å². The van der Waals surface area contributed by atoms with Gasteiger partial charge in [-0.25, -0.2) is 4.99 Å². The van der Waals surface area contributed by atoms with Crippen molar-refractivity contribution >= 4 is 23.0 Å². The third kappa shape index (κ3) is 3.89. The molecule has 1 aliphatic heterocycles. The number of hydrogen-bond acceptors (Lipinski definition) is 5. The van der Waals surface area contributed by atoms with Gasteiger partial charge in [-0.1, -0.05) is 32.9 Å². The van der Waals surface area contributed by atoms with Crippen molar-refractivity contribution in [2.45, 2.75) is 39.7 Å². The first-order chi connectivity index (χ1) is 14.2. The molecule has 3 aromatic rings. The van der Waals surface area contributed by atoms with Crippen molar-refractivity contribution in [1.29, 1.82) is 0 Å². The first-order valence-electron chi connectivity index (χ1n) is 9.74. The fraction of sp³-hybridized carbons (Fsp3) is 0.273. The Morgan fingerprint density at radius 3 is 2.47 bits per heavy atom. The van der Waals surface area contributed by atoms with E-state index in [1.165, 1.54) is 11.6 Å². The summed E-state index contributed by atoms with van der Waals surface area (Å²) in [6.45, 7) is 9.00. The maximum Gasteiger partial charge on any atom is 0.270 e. The standard InChI is InChI=1S/C22H24N6O2/c1-14-11-20(25-24-14)23-21-19-12-18(28(29)30)8-5-15(19)13-27(26-21)17-9-6-16(7-10-17)22(2,3)4/h5-12H,13H2,1-4H3,(H2,23,24,25,26). The molecule has 0 radical (unpaired) electrons. The molecule has 0 aliphatic carbocycles. The van der Waals surface area contributed by atoms with Gasteiger partial charge in [0.05, 0.1) is 17.2 Å². The number of amidine groups is 1. The molecule has 0 amide bonds. The summed E-state index contributed by atoms with van der Waals surface area (Å²) in [5.41, 5.74) is 8.19. The molecule has 0 saturated carbocycles. The Morgan fingerprint density at radius 2 is 1.87 bits per heavy atom. The number of hydrogen-bond donors (Lipinski definition) is 2. The Bertz CT molecular complexity index is 1130. The molecule has 1 aromatic heterocycles. The number of aromatic amines is 1. The fourth-order valence-electron chi connectivity index (χ4n) is 3.39. The average molecular weight is 404 g/mol. The lowest BCUT2D eigenvalue weighted by Crippen LogP contribution is -2.46. The first-order valence-corrected chi connectivity index (χ1v) is 9.74. The van der Waals surface area contributed by atoms with Crippen LogP contribution in [0.15, 0.2) is 53.5 Å². The highest BCUT2D eigenvalue weighted by Crippen LogP contribution is 2.29. The van der Waals surface area contributed by atoms with Crippen molar-refractivity contribution in [2.24, 2.45) is 4.99 Å². The molecule has 8 nitrogen and oxygen atoms in total. The van der Waals surface area contributed by atoms with E-state index in [9.17, 15) is 10.1 Å². The number of rotatable bonds is 3. The molecule has 0 bridgehead atoms. The molecular formula is C22H24N6O2. The zero-order valence-electron chi connectivity index (χ0n) is 17.4. The van der Waals surface area contributed by atoms with Crippen LogP contribution in [-0.2, 0) is 12.0 Å². The molecule has 8 heteroatoms. The van der Waals surface area contributed by atoms with E-state index in [0.717, 1.165) is 16.9 Å². The van der Waals surface area contributed by atoms with Gasteiger partial charge in [0.25, 0.3) is 5.69 Å². The lowest BCUT2D eigenvalue weighted by molar-refractivity contribution is -0.384. The first kappa shape index (κ1) is 19.6. The summed E-state index contributed by atoms with van der Waals surface area (Å²) in [5, 5.41) is 20.3. The van der Waals surface area contributed by atoms with Crippen LogP contribution < -0.4 is 10.4 Å². The molecule has 2 heterocycles. The molecular weight excluding hydrogens is 380 g/mol. The summed E-state index contributed by atoms with van der Waals surface area (Å²) in [4.78, 5) is 15.5. The van der Waals surface area contributed by atoms with E-state index >= 15 is 0 Å². The van der Waals surface area contributed by atoms with E-state index in [-0.39, 0.29) is 11.1 Å². The predicted molar refractivity (Wildman–Crippen MR) is 117 cm³/mol. The van der Waals surface area contributed by atoms with Crippen LogP contribution in [-0.4, -0.2) is 21.0 Å². The fourth-order valence-corrected chi connectivity index (χ4v) is 3.39. The minimum atomic E-state index is -0.395. The van der Waals surface area contributed by atoms with Gasteiger partial charge in [0.2, 0.25) is 0 Å². The SMILES string of the molecule is Cc1cc(N=C2NN(c3ccc(C(C)(C)C)cc3)Cc3ccc([N+](=O)[O-])cc32)n[nH]1. The van der Waals surface area contributed by atoms with Crippen molar-refractivity contribution < 1.29 is 4.92 Å². The molecule has 2 aromatic carbocycles. The lowest BCUT2D eigenvalue weighted by Gasteiger charge is -2.33. The molecule has 2 N–H and O–H groups in total. The number of H-pyrrole nitrogens is 1. The molecule has 0 spiro atoms. The van der Waals surface area contributed by atoms with Crippen LogP contribution in [0, 0.1) is 17.0 Å². The van der Waals surface area contributed by atoms with Gasteiger partial charge in [-0.3, -0.25) is 25.6 Å². The van der Waals surface area contributed by atoms with Gasteiger partial charge in [0, 0.05) is 29.5 Å². The highest BCUT2D eigenvalue weighted by molar-refractivity contribution is 6.03. The Kier molecular flexibility index (Phi) is 4.77. The van der Waals surface area contributed by atoms with E-state index in [2.05, 4.69) is 65.7 Å². The van der Waals surface area contributed by atoms with Gasteiger partial charge in [-0.05, 0) is 41.7 Å². The summed E-state index contributed by atoms with van der Waals surface area (Å²) in [6, 6.07) is 15.1. The Hall–Kier alpha value is -3.68. The lowest BCUT2D eigenvalue weighted by atomic mass is 9.87. The van der Waals surface area contributed by atoms with Crippen LogP contribution >= 0.6 is 0 Å². The van der Waals surface area contributed by atoms with Crippen LogP contribution in [0.2, 0.25) is 0 Å². The second-order valence-electron chi connectivity index (χ2n) is 8.46. The number of fused-ring (bicyclic) bond motifs is 1. The smallest absolute Gasteiger partial charge is 0.270 e. The summed E-state index contributed by atoms with van der Waals surface area (Å²) in [7, 11) is 0. The number of nitrogens with one attached hydrogen (secondary N) is 2. The quantitative estimate of drug-likeness (QED) is 0.494. The number of nitrogens with zero attached hydrogens (tertiary/aromatic N) is 4. The van der Waals surface area contributed by atoms with Gasteiger partial charge >= 0.3 is 0 Å². The summed E-state index contributed by atoms with van der Waals surface area (Å²) in [6.07, 6.45) is 0. The predicted octanol–water partition coefficient (Wildman–Crippen LogP) is 4.53. The molecule has 0 atom stereocenters. The van der Waals surface area contributed by atoms with Crippen LogP contribution in [0.1, 0.15) is 43.2 Å². The number of hydrazine groups is 1. The van der Waals surface area contributed by atoms with Crippen LogP contribution in [0.25, 0.3) is 0 Å². The highest BCUT2D eigenvalue weighted by atomic mass is 16.6. The molecule has 0 unspecified atom stereocenters. The van der Waals surface area contributed by atoms with Crippen LogP contribution in [0.5, 0.6) is 0 Å². The van der Waals surface area contributed by atoms with Crippen LogP contribution in [0.4, 0.5) is 17.2 Å². The zero-order valence-corrected chi connectivity index (χ0v) is 17.4. The Morgan fingerprint density at radius 1 is 1.13 bits per heavy atom. The highest BCUT2D eigenvalue weighted by Gasteiger charge is 2.25. The van der Waals surface area contributed by atoms with E-state index in [0.29, 0.717) is 23.8 Å². The van der Waals surface area contributed by atoms with Gasteiger partial charge in [-0.15, -0.1) is 0 Å². The molecule has 154 valence electrons. The summed E-state index contributed by atoms with van der Waals surface area (Å²) >= 11 is 0. The Balaban J connectivity index is 1.74. The maximum atomic E-state index is 11.3. The van der Waals surface area contributed by atoms with Gasteiger partial charge in [0.15, 0.2) is 11.7 Å². The number of aliphatic imine (C=N–C) groups is 1. The number of nitro benzene ring substituents is 1. The third-order valence-corrected chi connectivity index (χ3v) is 5.09. The van der Waals surface area contributed by atoms with Crippen molar-refractivity contribution in [3.8, 4) is 0 Å². The van der Waals surface area contributed by atoms with Crippen molar-refractivity contribution in [3.63, 3.8) is 0 Å². The number of anilines is 1. The molecule has 0 saturated heterocycles. The van der Waals surface area contributed by atoms with E-state index in [1.807, 2.05) is 18.0 Å². The summed E-state index contributed by atoms with van der Waals surface area (Å²) in [5.74, 6) is 1.03. The van der Waals surface area contributed by atoms with Gasteiger partial charge in [-0.2, -0.15) is 5.10 Å². The van der Waals surface area contributed by atoms with Crippen molar-refractivity contribution in [2.75, 3.05) is 5.01 Å². The van der Waals surface area contributed by atoms with Crippen molar-refractivity contribution in [3.05, 3.63) is 81.0 Å². The van der Waals surface area contributed by atoms with E-state index < -0.39 is 4.92 Å². The third-order valence-electron chi connectivity index (χ3n) is 5.09. The zero-order chi connectivity index (χ0) is 21.5. The van der Waals surface area contributed by atoms with Crippen LogP contribution in [0.3, 0.4) is 0 Å². The van der Waals surface area contributed by atoms with E-state index in [4.69, 9.17) is 0 Å². The normalized spacial score (nSPS) is 15.1. The largest absolute Gasteiger partial charge is 0.282 e. The number of non-ortho nitro benzene ring substituents is 1. The molecule has 30 heavy (non-hydrogen) atoms. The second kappa shape index (κ2) is 7.29. The number of aryl methyl sites for hydroxylation is 1. The number of nitro groups is 1.